The Bertz CT molecular complexity index is 530. The van der Waals surface area contributed by atoms with Crippen molar-refractivity contribution in [2.24, 2.45) is 0 Å². The zero-order valence-corrected chi connectivity index (χ0v) is 11.0. The number of nitrogens with two attached hydrogens (primary N) is 1. The predicted octanol–water partition coefficient (Wildman–Crippen LogP) is 0.433. The van der Waals surface area contributed by atoms with Crippen molar-refractivity contribution in [1.82, 2.24) is 10.6 Å². The van der Waals surface area contributed by atoms with Crippen molar-refractivity contribution in [3.63, 3.8) is 0 Å². The van der Waals surface area contributed by atoms with Crippen LogP contribution in [0.5, 0.6) is 0 Å². The van der Waals surface area contributed by atoms with Gasteiger partial charge in [-0.3, -0.25) is 19.7 Å². The molecular formula is C12H16N4O4. The van der Waals surface area contributed by atoms with Gasteiger partial charge in [-0.25, -0.2) is 0 Å². The van der Waals surface area contributed by atoms with Gasteiger partial charge in [-0.05, 0) is 19.1 Å². The minimum atomic E-state index is -0.652. The van der Waals surface area contributed by atoms with E-state index in [9.17, 15) is 19.7 Å². The largest absolute Gasteiger partial charge is 0.393 e. The Hall–Kier alpha value is -2.64. The van der Waals surface area contributed by atoms with Crippen LogP contribution in [0.15, 0.2) is 18.2 Å². The number of carbonyl (C=O) groups excluding carboxylic acids is 2. The Labute approximate surface area is 115 Å². The third kappa shape index (κ3) is 4.23. The van der Waals surface area contributed by atoms with E-state index in [-0.39, 0.29) is 35.8 Å². The van der Waals surface area contributed by atoms with Gasteiger partial charge in [-0.2, -0.15) is 0 Å². The highest BCUT2D eigenvalue weighted by Crippen LogP contribution is 2.22. The van der Waals surface area contributed by atoms with Crippen LogP contribution in [0.3, 0.4) is 0 Å². The molecule has 0 atom stereocenters. The number of amides is 2. The number of rotatable bonds is 6. The molecule has 8 heteroatoms. The maximum atomic E-state index is 11.8. The summed E-state index contributed by atoms with van der Waals surface area (Å²) < 4.78 is 0. The van der Waals surface area contributed by atoms with Crippen LogP contribution in [-0.2, 0) is 4.79 Å². The fraction of sp³-hybridized carbons (Fsp3) is 0.333. The fourth-order valence-electron chi connectivity index (χ4n) is 1.52. The van der Waals surface area contributed by atoms with Crippen molar-refractivity contribution >= 4 is 23.2 Å². The van der Waals surface area contributed by atoms with Gasteiger partial charge in [0.15, 0.2) is 0 Å². The van der Waals surface area contributed by atoms with Gasteiger partial charge in [-0.15, -0.1) is 0 Å². The van der Waals surface area contributed by atoms with Crippen LogP contribution in [0.25, 0.3) is 0 Å². The summed E-state index contributed by atoms with van der Waals surface area (Å²) in [6, 6.07) is 3.80. The molecule has 2 amide bonds. The standard InChI is InChI=1S/C12H16N4O4/c1-2-14-11(17)5-6-15-12(18)8-3-4-9(13)10(7-8)16(19)20/h3-4,7H,2,5-6,13H2,1H3,(H,14,17)(H,15,18). The minimum Gasteiger partial charge on any atom is -0.393 e. The Morgan fingerprint density at radius 1 is 1.35 bits per heavy atom. The fourth-order valence-corrected chi connectivity index (χ4v) is 1.52. The number of nitrogens with one attached hydrogen (secondary N) is 2. The Morgan fingerprint density at radius 3 is 2.65 bits per heavy atom. The number of nitrogen functional groups attached to an aromatic ring is 1. The highest BCUT2D eigenvalue weighted by molar-refractivity contribution is 5.95. The summed E-state index contributed by atoms with van der Waals surface area (Å²) in [5.74, 6) is -0.659. The number of carbonyl (C=O) groups is 2. The molecule has 0 aliphatic rings. The first kappa shape index (κ1) is 15.4. The highest BCUT2D eigenvalue weighted by Gasteiger charge is 2.15. The third-order valence-corrected chi connectivity index (χ3v) is 2.50. The molecule has 0 fully saturated rings. The van der Waals surface area contributed by atoms with Crippen LogP contribution >= 0.6 is 0 Å². The van der Waals surface area contributed by atoms with Gasteiger partial charge in [0.2, 0.25) is 5.91 Å². The summed E-state index contributed by atoms with van der Waals surface area (Å²) in [5, 5.41) is 15.8. The van der Waals surface area contributed by atoms with Gasteiger partial charge in [0.05, 0.1) is 4.92 Å². The number of nitro groups is 1. The van der Waals surface area contributed by atoms with E-state index < -0.39 is 10.8 Å². The summed E-state index contributed by atoms with van der Waals surface area (Å²) in [5.41, 5.74) is 5.24. The second-order valence-electron chi connectivity index (χ2n) is 3.99. The molecule has 0 radical (unpaired) electrons. The van der Waals surface area contributed by atoms with Gasteiger partial charge >= 0.3 is 0 Å². The molecule has 1 aromatic rings. The van der Waals surface area contributed by atoms with Crippen LogP contribution in [0, 0.1) is 10.1 Å². The summed E-state index contributed by atoms with van der Waals surface area (Å²) in [6.45, 7) is 2.48. The summed E-state index contributed by atoms with van der Waals surface area (Å²) in [6.07, 6.45) is 0.149. The SMILES string of the molecule is CCNC(=O)CCNC(=O)c1ccc(N)c([N+](=O)[O-])c1. The first-order valence-electron chi connectivity index (χ1n) is 6.04. The molecule has 0 unspecified atom stereocenters. The molecule has 0 heterocycles. The lowest BCUT2D eigenvalue weighted by Gasteiger charge is -2.06. The van der Waals surface area contributed by atoms with Gasteiger partial charge in [-0.1, -0.05) is 0 Å². The van der Waals surface area contributed by atoms with Crippen molar-refractivity contribution in [2.75, 3.05) is 18.8 Å². The zero-order chi connectivity index (χ0) is 15.1. The van der Waals surface area contributed by atoms with Gasteiger partial charge in [0.25, 0.3) is 11.6 Å². The molecule has 1 aromatic carbocycles. The predicted molar refractivity (Wildman–Crippen MR) is 73.1 cm³/mol. The summed E-state index contributed by atoms with van der Waals surface area (Å²) >= 11 is 0. The maximum Gasteiger partial charge on any atom is 0.292 e. The van der Waals surface area contributed by atoms with Crippen molar-refractivity contribution in [2.45, 2.75) is 13.3 Å². The first-order valence-corrected chi connectivity index (χ1v) is 6.04. The van der Waals surface area contributed by atoms with Crippen LogP contribution in [-0.4, -0.2) is 29.8 Å². The van der Waals surface area contributed by atoms with E-state index in [1.807, 2.05) is 0 Å². The lowest BCUT2D eigenvalue weighted by Crippen LogP contribution is -2.30. The molecule has 0 bridgehead atoms. The Morgan fingerprint density at radius 2 is 2.05 bits per heavy atom. The molecule has 0 saturated heterocycles. The number of anilines is 1. The topological polar surface area (TPSA) is 127 Å². The number of nitro benzene ring substituents is 1. The van der Waals surface area contributed by atoms with Crippen LogP contribution in [0.2, 0.25) is 0 Å². The van der Waals surface area contributed by atoms with E-state index in [2.05, 4.69) is 10.6 Å². The Kier molecular flexibility index (Phi) is 5.45. The minimum absolute atomic E-state index is 0.00567. The molecular weight excluding hydrogens is 264 g/mol. The number of hydrogen-bond donors (Lipinski definition) is 3. The molecule has 4 N–H and O–H groups in total. The average Bonchev–Trinajstić information content (AvgIpc) is 2.39. The quantitative estimate of drug-likeness (QED) is 0.395. The van der Waals surface area contributed by atoms with E-state index in [1.54, 1.807) is 6.92 Å². The second kappa shape index (κ2) is 7.07. The van der Waals surface area contributed by atoms with E-state index in [4.69, 9.17) is 5.73 Å². The van der Waals surface area contributed by atoms with Gasteiger partial charge in [0.1, 0.15) is 5.69 Å². The zero-order valence-electron chi connectivity index (χ0n) is 11.0. The molecule has 0 aliphatic carbocycles. The van der Waals surface area contributed by atoms with Crippen molar-refractivity contribution in [1.29, 1.82) is 0 Å². The Balaban J connectivity index is 2.62. The number of hydrogen-bond acceptors (Lipinski definition) is 5. The van der Waals surface area contributed by atoms with Crippen LogP contribution in [0.1, 0.15) is 23.7 Å². The average molecular weight is 280 g/mol. The summed E-state index contributed by atoms with van der Waals surface area (Å²) in [7, 11) is 0. The molecule has 8 nitrogen and oxygen atoms in total. The lowest BCUT2D eigenvalue weighted by molar-refractivity contribution is -0.383. The highest BCUT2D eigenvalue weighted by atomic mass is 16.6. The second-order valence-corrected chi connectivity index (χ2v) is 3.99. The lowest BCUT2D eigenvalue weighted by atomic mass is 10.1. The normalized spacial score (nSPS) is 9.85. The van der Waals surface area contributed by atoms with E-state index in [0.717, 1.165) is 6.07 Å². The van der Waals surface area contributed by atoms with E-state index in [1.165, 1.54) is 12.1 Å². The molecule has 0 spiro atoms. The molecule has 0 aromatic heterocycles. The molecule has 1 rings (SSSR count). The number of benzene rings is 1. The van der Waals surface area contributed by atoms with Crippen molar-refractivity contribution in [3.05, 3.63) is 33.9 Å². The maximum absolute atomic E-state index is 11.8. The van der Waals surface area contributed by atoms with Gasteiger partial charge in [0, 0.05) is 31.1 Å². The number of nitrogens with zero attached hydrogens (tertiary/aromatic N) is 1. The van der Waals surface area contributed by atoms with Crippen molar-refractivity contribution in [3.8, 4) is 0 Å². The van der Waals surface area contributed by atoms with Gasteiger partial charge < -0.3 is 16.4 Å². The van der Waals surface area contributed by atoms with Crippen LogP contribution < -0.4 is 16.4 Å². The first-order chi connectivity index (χ1) is 9.45. The molecule has 0 saturated carbocycles. The molecule has 0 aliphatic heterocycles. The third-order valence-electron chi connectivity index (χ3n) is 2.50. The van der Waals surface area contributed by atoms with Crippen LogP contribution in [0.4, 0.5) is 11.4 Å². The monoisotopic (exact) mass is 280 g/mol. The van der Waals surface area contributed by atoms with E-state index in [0.29, 0.717) is 6.54 Å². The summed E-state index contributed by atoms with van der Waals surface area (Å²) in [4.78, 5) is 33.0. The van der Waals surface area contributed by atoms with Crippen molar-refractivity contribution < 1.29 is 14.5 Å². The molecule has 108 valence electrons. The van der Waals surface area contributed by atoms with E-state index >= 15 is 0 Å². The smallest absolute Gasteiger partial charge is 0.292 e. The molecule has 20 heavy (non-hydrogen) atoms.